The second kappa shape index (κ2) is 5.96. The van der Waals surface area contributed by atoms with Crippen molar-refractivity contribution in [2.24, 2.45) is 0 Å². The van der Waals surface area contributed by atoms with Gasteiger partial charge < -0.3 is 9.80 Å². The fraction of sp³-hybridized carbons (Fsp3) is 0.727. The second-order valence-electron chi connectivity index (χ2n) is 4.20. The zero-order valence-corrected chi connectivity index (χ0v) is 12.4. The van der Waals surface area contributed by atoms with Crippen LogP contribution in [0, 0.1) is 0 Å². The Balaban J connectivity index is 0.00000128. The SMILES string of the molecule is Br.CC1=C(C)N(CC(=O)N2CCCC2)CS1. The second-order valence-corrected chi connectivity index (χ2v) is 5.36. The molecule has 0 spiro atoms. The summed E-state index contributed by atoms with van der Waals surface area (Å²) in [6.45, 7) is 6.71. The van der Waals surface area contributed by atoms with Crippen molar-refractivity contribution in [1.82, 2.24) is 9.80 Å². The maximum atomic E-state index is 11.9. The van der Waals surface area contributed by atoms with Crippen LogP contribution >= 0.6 is 28.7 Å². The molecule has 2 aliphatic rings. The first kappa shape index (κ1) is 13.9. The van der Waals surface area contributed by atoms with Crippen molar-refractivity contribution in [3.05, 3.63) is 10.6 Å². The summed E-state index contributed by atoms with van der Waals surface area (Å²) < 4.78 is 0. The number of nitrogens with zero attached hydrogens (tertiary/aromatic N) is 2. The van der Waals surface area contributed by atoms with Gasteiger partial charge in [-0.15, -0.1) is 28.7 Å². The molecule has 1 saturated heterocycles. The van der Waals surface area contributed by atoms with Crippen LogP contribution in [0.4, 0.5) is 0 Å². The van der Waals surface area contributed by atoms with E-state index in [0.717, 1.165) is 19.0 Å². The van der Waals surface area contributed by atoms with Gasteiger partial charge in [0.15, 0.2) is 0 Å². The Hall–Kier alpha value is -0.160. The molecular formula is C11H19BrN2OS. The van der Waals surface area contributed by atoms with Gasteiger partial charge in [-0.1, -0.05) is 0 Å². The van der Waals surface area contributed by atoms with E-state index in [9.17, 15) is 4.79 Å². The Morgan fingerprint density at radius 2 is 1.94 bits per heavy atom. The number of amides is 1. The molecule has 5 heteroatoms. The predicted octanol–water partition coefficient (Wildman–Crippen LogP) is 2.44. The maximum absolute atomic E-state index is 11.9. The van der Waals surface area contributed by atoms with Gasteiger partial charge in [-0.2, -0.15) is 0 Å². The standard InChI is InChI=1S/C11H18N2OS.BrH/c1-9-10(2)15-8-13(9)7-11(14)12-5-3-4-6-12;/h3-8H2,1-2H3;1H. The molecule has 0 N–H and O–H groups in total. The molecule has 92 valence electrons. The Labute approximate surface area is 112 Å². The van der Waals surface area contributed by atoms with E-state index in [1.165, 1.54) is 23.4 Å². The molecule has 0 bridgehead atoms. The summed E-state index contributed by atoms with van der Waals surface area (Å²) in [6, 6.07) is 0. The molecule has 0 aromatic carbocycles. The van der Waals surface area contributed by atoms with Crippen molar-refractivity contribution in [1.29, 1.82) is 0 Å². The predicted molar refractivity (Wildman–Crippen MR) is 73.7 cm³/mol. The molecular weight excluding hydrogens is 288 g/mol. The fourth-order valence-corrected chi connectivity index (χ4v) is 2.97. The third-order valence-corrected chi connectivity index (χ3v) is 4.37. The van der Waals surface area contributed by atoms with Gasteiger partial charge in [0, 0.05) is 23.7 Å². The van der Waals surface area contributed by atoms with Crippen LogP contribution < -0.4 is 0 Å². The average molecular weight is 307 g/mol. The lowest BCUT2D eigenvalue weighted by Gasteiger charge is -2.22. The van der Waals surface area contributed by atoms with E-state index in [1.807, 2.05) is 16.7 Å². The summed E-state index contributed by atoms with van der Waals surface area (Å²) in [6.07, 6.45) is 2.35. The van der Waals surface area contributed by atoms with Crippen LogP contribution in [0.5, 0.6) is 0 Å². The molecule has 0 aromatic heterocycles. The van der Waals surface area contributed by atoms with Gasteiger partial charge in [-0.25, -0.2) is 0 Å². The number of hydrogen-bond donors (Lipinski definition) is 0. The van der Waals surface area contributed by atoms with Crippen molar-refractivity contribution in [2.45, 2.75) is 26.7 Å². The molecule has 1 amide bonds. The Kier molecular flexibility index (Phi) is 5.18. The van der Waals surface area contributed by atoms with Crippen LogP contribution in [-0.4, -0.2) is 41.2 Å². The molecule has 16 heavy (non-hydrogen) atoms. The molecule has 0 atom stereocenters. The third-order valence-electron chi connectivity index (χ3n) is 3.21. The van der Waals surface area contributed by atoms with Crippen molar-refractivity contribution < 1.29 is 4.79 Å². The minimum Gasteiger partial charge on any atom is -0.356 e. The molecule has 1 fully saturated rings. The van der Waals surface area contributed by atoms with E-state index >= 15 is 0 Å². The Bertz CT molecular complexity index is 300. The Morgan fingerprint density at radius 1 is 1.31 bits per heavy atom. The van der Waals surface area contributed by atoms with Gasteiger partial charge in [-0.3, -0.25) is 4.79 Å². The number of likely N-dealkylation sites (tertiary alicyclic amines) is 1. The first-order chi connectivity index (χ1) is 7.18. The number of hydrogen-bond acceptors (Lipinski definition) is 3. The minimum absolute atomic E-state index is 0. The third kappa shape index (κ3) is 2.94. The maximum Gasteiger partial charge on any atom is 0.242 e. The molecule has 0 radical (unpaired) electrons. The van der Waals surface area contributed by atoms with Crippen molar-refractivity contribution >= 4 is 34.7 Å². The van der Waals surface area contributed by atoms with Gasteiger partial charge in [-0.05, 0) is 26.7 Å². The summed E-state index contributed by atoms with van der Waals surface area (Å²) in [7, 11) is 0. The van der Waals surface area contributed by atoms with Crippen LogP contribution in [0.25, 0.3) is 0 Å². The number of thioether (sulfide) groups is 1. The fourth-order valence-electron chi connectivity index (χ4n) is 1.99. The molecule has 2 heterocycles. The minimum atomic E-state index is 0. The van der Waals surface area contributed by atoms with Gasteiger partial charge >= 0.3 is 0 Å². The summed E-state index contributed by atoms with van der Waals surface area (Å²) in [5.41, 5.74) is 1.27. The molecule has 0 unspecified atom stereocenters. The lowest BCUT2D eigenvalue weighted by Crippen LogP contribution is -2.37. The van der Waals surface area contributed by atoms with Crippen molar-refractivity contribution in [3.8, 4) is 0 Å². The number of carbonyl (C=O) groups excluding carboxylic acids is 1. The molecule has 0 aliphatic carbocycles. The van der Waals surface area contributed by atoms with Crippen LogP contribution in [0.1, 0.15) is 26.7 Å². The summed E-state index contributed by atoms with van der Waals surface area (Å²) in [5, 5.41) is 0. The quantitative estimate of drug-likeness (QED) is 0.783. The van der Waals surface area contributed by atoms with E-state index in [-0.39, 0.29) is 17.0 Å². The highest BCUT2D eigenvalue weighted by Crippen LogP contribution is 2.30. The molecule has 0 saturated carbocycles. The normalized spacial score (nSPS) is 20.4. The zero-order chi connectivity index (χ0) is 10.8. The van der Waals surface area contributed by atoms with E-state index in [4.69, 9.17) is 0 Å². The van der Waals surface area contributed by atoms with E-state index in [0.29, 0.717) is 12.5 Å². The van der Waals surface area contributed by atoms with Gasteiger partial charge in [0.2, 0.25) is 5.91 Å². The topological polar surface area (TPSA) is 23.6 Å². The number of rotatable bonds is 2. The number of carbonyl (C=O) groups is 1. The van der Waals surface area contributed by atoms with Crippen LogP contribution in [0.2, 0.25) is 0 Å². The number of halogens is 1. The van der Waals surface area contributed by atoms with Crippen molar-refractivity contribution in [2.75, 3.05) is 25.5 Å². The van der Waals surface area contributed by atoms with Crippen LogP contribution in [0.15, 0.2) is 10.6 Å². The van der Waals surface area contributed by atoms with E-state index < -0.39 is 0 Å². The lowest BCUT2D eigenvalue weighted by atomic mass is 10.4. The lowest BCUT2D eigenvalue weighted by molar-refractivity contribution is -0.130. The molecule has 2 rings (SSSR count). The van der Waals surface area contributed by atoms with E-state index in [2.05, 4.69) is 18.7 Å². The monoisotopic (exact) mass is 306 g/mol. The molecule has 2 aliphatic heterocycles. The number of allylic oxidation sites excluding steroid dienone is 2. The molecule has 0 aromatic rings. The smallest absolute Gasteiger partial charge is 0.242 e. The highest BCUT2D eigenvalue weighted by molar-refractivity contribution is 8.93. The summed E-state index contributed by atoms with van der Waals surface area (Å²) in [5.74, 6) is 1.24. The highest BCUT2D eigenvalue weighted by Gasteiger charge is 2.23. The highest BCUT2D eigenvalue weighted by atomic mass is 79.9. The van der Waals surface area contributed by atoms with E-state index in [1.54, 1.807) is 0 Å². The largest absolute Gasteiger partial charge is 0.356 e. The zero-order valence-electron chi connectivity index (χ0n) is 9.86. The first-order valence-corrected chi connectivity index (χ1v) is 6.50. The average Bonchev–Trinajstić information content (AvgIpc) is 2.83. The van der Waals surface area contributed by atoms with Crippen molar-refractivity contribution in [3.63, 3.8) is 0 Å². The van der Waals surface area contributed by atoms with Gasteiger partial charge in [0.05, 0.1) is 12.4 Å². The van der Waals surface area contributed by atoms with Crippen LogP contribution in [0.3, 0.4) is 0 Å². The summed E-state index contributed by atoms with van der Waals surface area (Å²) in [4.78, 5) is 17.4. The molecule has 3 nitrogen and oxygen atoms in total. The van der Waals surface area contributed by atoms with Gasteiger partial charge in [0.1, 0.15) is 0 Å². The Morgan fingerprint density at radius 3 is 2.44 bits per heavy atom. The van der Waals surface area contributed by atoms with Gasteiger partial charge in [0.25, 0.3) is 0 Å². The summed E-state index contributed by atoms with van der Waals surface area (Å²) >= 11 is 1.83. The first-order valence-electron chi connectivity index (χ1n) is 5.51. The van der Waals surface area contributed by atoms with Crippen LogP contribution in [-0.2, 0) is 4.79 Å².